The van der Waals surface area contributed by atoms with E-state index < -0.39 is 0 Å². The summed E-state index contributed by atoms with van der Waals surface area (Å²) in [5, 5.41) is 13.3. The molecule has 0 aliphatic carbocycles. The lowest BCUT2D eigenvalue weighted by Gasteiger charge is -2.35. The van der Waals surface area contributed by atoms with E-state index in [1.54, 1.807) is 16.8 Å². The molecule has 0 atom stereocenters. The number of aromatic nitrogens is 5. The Labute approximate surface area is 167 Å². The normalized spacial score (nSPS) is 14.3. The number of fused-ring (bicyclic) bond motifs is 1. The number of hydrogen-bond acceptors (Lipinski definition) is 6. The fourth-order valence-corrected chi connectivity index (χ4v) is 3.51. The van der Waals surface area contributed by atoms with Crippen molar-refractivity contribution in [1.82, 2.24) is 29.7 Å². The van der Waals surface area contributed by atoms with Crippen LogP contribution in [0.2, 0.25) is 0 Å². The van der Waals surface area contributed by atoms with Crippen LogP contribution in [0.15, 0.2) is 66.9 Å². The molecular weight excluding hydrogens is 366 g/mol. The van der Waals surface area contributed by atoms with Crippen molar-refractivity contribution < 1.29 is 4.79 Å². The minimum Gasteiger partial charge on any atom is -0.352 e. The van der Waals surface area contributed by atoms with Crippen molar-refractivity contribution in [3.05, 3.63) is 72.6 Å². The summed E-state index contributed by atoms with van der Waals surface area (Å²) in [4.78, 5) is 20.8. The maximum atomic E-state index is 12.6. The molecule has 0 radical (unpaired) electrons. The molecule has 1 aromatic carbocycles. The van der Waals surface area contributed by atoms with Gasteiger partial charge in [-0.3, -0.25) is 9.78 Å². The fourth-order valence-electron chi connectivity index (χ4n) is 3.51. The number of rotatable bonds is 3. The summed E-state index contributed by atoms with van der Waals surface area (Å²) in [6.45, 7) is 2.67. The Bertz CT molecular complexity index is 1140. The Morgan fingerprint density at radius 3 is 2.38 bits per heavy atom. The van der Waals surface area contributed by atoms with Crippen LogP contribution in [-0.2, 0) is 0 Å². The monoisotopic (exact) mass is 385 g/mol. The van der Waals surface area contributed by atoms with Gasteiger partial charge in [-0.2, -0.15) is 4.52 Å². The highest BCUT2D eigenvalue weighted by atomic mass is 16.2. The molecule has 1 saturated heterocycles. The molecule has 3 aromatic heterocycles. The van der Waals surface area contributed by atoms with E-state index in [1.807, 2.05) is 59.5 Å². The Hall–Kier alpha value is -3.81. The number of carbonyl (C=O) groups excluding carboxylic acids is 1. The number of anilines is 1. The van der Waals surface area contributed by atoms with E-state index in [1.165, 1.54) is 0 Å². The van der Waals surface area contributed by atoms with E-state index in [2.05, 4.69) is 20.1 Å². The van der Waals surface area contributed by atoms with Gasteiger partial charge in [0.25, 0.3) is 5.91 Å². The Kier molecular flexibility index (Phi) is 4.36. The predicted molar refractivity (Wildman–Crippen MR) is 109 cm³/mol. The van der Waals surface area contributed by atoms with Crippen LogP contribution in [0, 0.1) is 0 Å². The average Bonchev–Trinajstić information content (AvgIpc) is 3.23. The van der Waals surface area contributed by atoms with Crippen LogP contribution in [0.4, 0.5) is 5.82 Å². The molecule has 144 valence electrons. The first-order chi connectivity index (χ1) is 14.3. The van der Waals surface area contributed by atoms with E-state index in [9.17, 15) is 4.79 Å². The predicted octanol–water partition coefficient (Wildman–Crippen LogP) is 2.15. The topological polar surface area (TPSA) is 79.5 Å². The molecule has 0 unspecified atom stereocenters. The van der Waals surface area contributed by atoms with E-state index in [0.717, 1.165) is 11.4 Å². The lowest BCUT2D eigenvalue weighted by atomic mass is 10.2. The number of pyridine rings is 1. The second kappa shape index (κ2) is 7.31. The van der Waals surface area contributed by atoms with Crippen LogP contribution in [0.3, 0.4) is 0 Å². The molecule has 1 aliphatic rings. The molecular formula is C21H19N7O. The molecule has 4 aromatic rings. The molecule has 5 rings (SSSR count). The Balaban J connectivity index is 1.35. The van der Waals surface area contributed by atoms with E-state index in [0.29, 0.717) is 43.3 Å². The highest BCUT2D eigenvalue weighted by molar-refractivity contribution is 5.92. The van der Waals surface area contributed by atoms with Gasteiger partial charge in [-0.15, -0.1) is 15.3 Å². The summed E-state index contributed by atoms with van der Waals surface area (Å²) in [7, 11) is 0. The van der Waals surface area contributed by atoms with Gasteiger partial charge in [0.2, 0.25) is 0 Å². The maximum absolute atomic E-state index is 12.6. The van der Waals surface area contributed by atoms with Gasteiger partial charge in [-0.1, -0.05) is 36.4 Å². The smallest absolute Gasteiger partial charge is 0.272 e. The van der Waals surface area contributed by atoms with Gasteiger partial charge in [0.05, 0.1) is 0 Å². The molecule has 8 heteroatoms. The summed E-state index contributed by atoms with van der Waals surface area (Å²) in [6, 6.07) is 19.2. The van der Waals surface area contributed by atoms with Crippen molar-refractivity contribution in [2.45, 2.75) is 0 Å². The summed E-state index contributed by atoms with van der Waals surface area (Å²) >= 11 is 0. The zero-order valence-electron chi connectivity index (χ0n) is 15.7. The van der Waals surface area contributed by atoms with E-state index in [-0.39, 0.29) is 5.91 Å². The van der Waals surface area contributed by atoms with Crippen molar-refractivity contribution in [2.75, 3.05) is 31.1 Å². The molecule has 0 N–H and O–H groups in total. The average molecular weight is 385 g/mol. The van der Waals surface area contributed by atoms with Crippen LogP contribution in [-0.4, -0.2) is 61.8 Å². The quantitative estimate of drug-likeness (QED) is 0.538. The van der Waals surface area contributed by atoms with Gasteiger partial charge in [0.1, 0.15) is 11.5 Å². The molecule has 29 heavy (non-hydrogen) atoms. The lowest BCUT2D eigenvalue weighted by molar-refractivity contribution is 0.0740. The second-order valence-corrected chi connectivity index (χ2v) is 6.85. The van der Waals surface area contributed by atoms with Gasteiger partial charge in [-0.05, 0) is 24.3 Å². The molecule has 0 saturated carbocycles. The molecule has 1 fully saturated rings. The number of benzene rings is 1. The number of nitrogens with zero attached hydrogens (tertiary/aromatic N) is 7. The van der Waals surface area contributed by atoms with Gasteiger partial charge in [0, 0.05) is 37.9 Å². The summed E-state index contributed by atoms with van der Waals surface area (Å²) < 4.78 is 1.77. The largest absolute Gasteiger partial charge is 0.352 e. The zero-order chi connectivity index (χ0) is 19.6. The molecule has 0 bridgehead atoms. The molecule has 0 spiro atoms. The van der Waals surface area contributed by atoms with Crippen molar-refractivity contribution in [2.24, 2.45) is 0 Å². The number of amides is 1. The van der Waals surface area contributed by atoms with Gasteiger partial charge >= 0.3 is 0 Å². The van der Waals surface area contributed by atoms with Crippen LogP contribution < -0.4 is 4.90 Å². The third kappa shape index (κ3) is 3.29. The fraction of sp³-hybridized carbons (Fsp3) is 0.190. The summed E-state index contributed by atoms with van der Waals surface area (Å²) in [5.74, 6) is 1.53. The van der Waals surface area contributed by atoms with Crippen molar-refractivity contribution in [1.29, 1.82) is 0 Å². The van der Waals surface area contributed by atoms with Crippen LogP contribution in [0.5, 0.6) is 0 Å². The van der Waals surface area contributed by atoms with Gasteiger partial charge in [-0.25, -0.2) is 0 Å². The first kappa shape index (κ1) is 17.3. The van der Waals surface area contributed by atoms with Gasteiger partial charge < -0.3 is 9.80 Å². The van der Waals surface area contributed by atoms with Gasteiger partial charge in [0.15, 0.2) is 11.5 Å². The second-order valence-electron chi connectivity index (χ2n) is 6.85. The van der Waals surface area contributed by atoms with Crippen LogP contribution in [0.1, 0.15) is 10.5 Å². The summed E-state index contributed by atoms with van der Waals surface area (Å²) in [6.07, 6.45) is 1.64. The number of piperazine rings is 1. The third-order valence-corrected chi connectivity index (χ3v) is 5.06. The van der Waals surface area contributed by atoms with Crippen molar-refractivity contribution in [3.63, 3.8) is 0 Å². The molecule has 1 aliphatic heterocycles. The SMILES string of the molecule is O=C(c1ccccn1)N1CCN(c2ccc3nnc(-c4ccccc4)n3n2)CC1. The Morgan fingerprint density at radius 1 is 0.828 bits per heavy atom. The number of hydrogen-bond donors (Lipinski definition) is 0. The first-order valence-electron chi connectivity index (χ1n) is 9.53. The Morgan fingerprint density at radius 2 is 1.62 bits per heavy atom. The van der Waals surface area contributed by atoms with E-state index >= 15 is 0 Å². The van der Waals surface area contributed by atoms with Crippen LogP contribution >= 0.6 is 0 Å². The van der Waals surface area contributed by atoms with E-state index in [4.69, 9.17) is 5.10 Å². The highest BCUT2D eigenvalue weighted by Gasteiger charge is 2.24. The van der Waals surface area contributed by atoms with Crippen molar-refractivity contribution >= 4 is 17.4 Å². The molecule has 4 heterocycles. The highest BCUT2D eigenvalue weighted by Crippen LogP contribution is 2.20. The first-order valence-corrected chi connectivity index (χ1v) is 9.53. The minimum atomic E-state index is -0.0289. The minimum absolute atomic E-state index is 0.0289. The lowest BCUT2D eigenvalue weighted by Crippen LogP contribution is -2.49. The van der Waals surface area contributed by atoms with Crippen molar-refractivity contribution in [3.8, 4) is 11.4 Å². The zero-order valence-corrected chi connectivity index (χ0v) is 15.7. The van der Waals surface area contributed by atoms with Crippen LogP contribution in [0.25, 0.3) is 17.0 Å². The molecule has 1 amide bonds. The maximum Gasteiger partial charge on any atom is 0.272 e. The molecule has 8 nitrogen and oxygen atoms in total. The number of carbonyl (C=O) groups is 1. The third-order valence-electron chi connectivity index (χ3n) is 5.06. The summed E-state index contributed by atoms with van der Waals surface area (Å²) in [5.41, 5.74) is 2.16. The standard InChI is InChI=1S/C21H19N7O/c29-21(17-8-4-5-11-22-17)27-14-12-26(13-15-27)19-10-9-18-23-24-20(28(18)25-19)16-6-2-1-3-7-16/h1-11H,12-15H2.